The summed E-state index contributed by atoms with van der Waals surface area (Å²) in [6.07, 6.45) is 0. The number of nitrogens with one attached hydrogen (secondary N) is 2. The number of rotatable bonds is 8. The maximum atomic E-state index is 12.2. The van der Waals surface area contributed by atoms with Crippen LogP contribution in [0.3, 0.4) is 0 Å². The highest BCUT2D eigenvalue weighted by molar-refractivity contribution is 7.89. The summed E-state index contributed by atoms with van der Waals surface area (Å²) >= 11 is 1.51. The fourth-order valence-electron chi connectivity index (χ4n) is 1.74. The monoisotopic (exact) mass is 306 g/mol. The molecule has 0 bridgehead atoms. The minimum absolute atomic E-state index is 0.244. The predicted octanol–water partition coefficient (Wildman–Crippen LogP) is 1.48. The maximum absolute atomic E-state index is 12.2. The molecule has 1 heterocycles. The number of hydrogen-bond donors (Lipinski definition) is 2. The molecule has 1 aromatic rings. The molecule has 7 heteroatoms. The van der Waals surface area contributed by atoms with Crippen molar-refractivity contribution in [2.75, 3.05) is 20.3 Å². The molecule has 1 rings (SSSR count). The lowest BCUT2D eigenvalue weighted by atomic mass is 10.4. The molecule has 0 aromatic carbocycles. The lowest BCUT2D eigenvalue weighted by Gasteiger charge is -2.12. The highest BCUT2D eigenvalue weighted by Crippen LogP contribution is 2.25. The van der Waals surface area contributed by atoms with Crippen molar-refractivity contribution in [1.29, 1.82) is 0 Å². The summed E-state index contributed by atoms with van der Waals surface area (Å²) < 4.78 is 32.0. The molecule has 0 saturated heterocycles. The average molecular weight is 306 g/mol. The Kier molecular flexibility index (Phi) is 6.41. The van der Waals surface area contributed by atoms with Crippen LogP contribution in [-0.2, 0) is 21.3 Å². The van der Waals surface area contributed by atoms with Gasteiger partial charge in [0, 0.05) is 29.5 Å². The molecule has 0 saturated carbocycles. The molecule has 110 valence electrons. The van der Waals surface area contributed by atoms with E-state index in [1.54, 1.807) is 20.1 Å². The second-order valence-corrected chi connectivity index (χ2v) is 7.41. The van der Waals surface area contributed by atoms with Crippen LogP contribution in [0, 0.1) is 6.92 Å². The van der Waals surface area contributed by atoms with Gasteiger partial charge < -0.3 is 10.1 Å². The first kappa shape index (κ1) is 16.6. The lowest BCUT2D eigenvalue weighted by molar-refractivity contribution is 0.180. The molecule has 5 nitrogen and oxygen atoms in total. The third-order valence-corrected chi connectivity index (χ3v) is 5.43. The molecule has 0 spiro atoms. The zero-order chi connectivity index (χ0) is 14.5. The second-order valence-electron chi connectivity index (χ2n) is 4.39. The van der Waals surface area contributed by atoms with Crippen LogP contribution in [0.1, 0.15) is 23.6 Å². The molecular formula is C12H22N2O3S2. The highest BCUT2D eigenvalue weighted by atomic mass is 32.2. The van der Waals surface area contributed by atoms with Crippen molar-refractivity contribution in [3.05, 3.63) is 15.8 Å². The smallest absolute Gasteiger partial charge is 0.241 e. The number of sulfonamides is 1. The van der Waals surface area contributed by atoms with Crippen molar-refractivity contribution in [1.82, 2.24) is 10.0 Å². The van der Waals surface area contributed by atoms with E-state index < -0.39 is 10.0 Å². The molecule has 0 amide bonds. The molecule has 1 unspecified atom stereocenters. The van der Waals surface area contributed by atoms with E-state index in [0.717, 1.165) is 16.3 Å². The second kappa shape index (κ2) is 7.35. The molecule has 0 aliphatic carbocycles. The summed E-state index contributed by atoms with van der Waals surface area (Å²) in [6.45, 7) is 7.55. The fourth-order valence-corrected chi connectivity index (χ4v) is 4.57. The zero-order valence-electron chi connectivity index (χ0n) is 11.8. The highest BCUT2D eigenvalue weighted by Gasteiger charge is 2.21. The van der Waals surface area contributed by atoms with Crippen LogP contribution in [-0.4, -0.2) is 34.7 Å². The number of ether oxygens (including phenoxy) is 1. The summed E-state index contributed by atoms with van der Waals surface area (Å²) in [6, 6.07) is 1.50. The Labute approximate surface area is 119 Å². The Hall–Kier alpha value is -0.470. The maximum Gasteiger partial charge on any atom is 0.241 e. The van der Waals surface area contributed by atoms with Crippen LogP contribution >= 0.6 is 11.3 Å². The number of methoxy groups -OCH3 is 1. The van der Waals surface area contributed by atoms with Crippen LogP contribution in [0.4, 0.5) is 0 Å². The van der Waals surface area contributed by atoms with Gasteiger partial charge in [0.2, 0.25) is 10.0 Å². The van der Waals surface area contributed by atoms with E-state index in [4.69, 9.17) is 4.74 Å². The molecule has 0 fully saturated rings. The van der Waals surface area contributed by atoms with Gasteiger partial charge in [0.1, 0.15) is 0 Å². The van der Waals surface area contributed by atoms with E-state index in [1.165, 1.54) is 11.3 Å². The van der Waals surface area contributed by atoms with Gasteiger partial charge in [0.25, 0.3) is 0 Å². The number of hydrogen-bond acceptors (Lipinski definition) is 5. The molecule has 19 heavy (non-hydrogen) atoms. The first-order chi connectivity index (χ1) is 8.90. The first-order valence-corrected chi connectivity index (χ1v) is 8.52. The van der Waals surface area contributed by atoms with Crippen molar-refractivity contribution < 1.29 is 13.2 Å². The summed E-state index contributed by atoms with van der Waals surface area (Å²) in [7, 11) is -1.91. The first-order valence-electron chi connectivity index (χ1n) is 6.22. The zero-order valence-corrected chi connectivity index (χ0v) is 13.5. The van der Waals surface area contributed by atoms with Crippen molar-refractivity contribution in [2.24, 2.45) is 0 Å². The van der Waals surface area contributed by atoms with Crippen molar-refractivity contribution in [2.45, 2.75) is 38.3 Å². The van der Waals surface area contributed by atoms with Gasteiger partial charge in [-0.1, -0.05) is 6.92 Å². The minimum atomic E-state index is -3.46. The third kappa shape index (κ3) is 4.85. The van der Waals surface area contributed by atoms with Crippen LogP contribution in [0.25, 0.3) is 0 Å². The predicted molar refractivity (Wildman–Crippen MR) is 78.1 cm³/mol. The van der Waals surface area contributed by atoms with Gasteiger partial charge in [-0.3, -0.25) is 0 Å². The Morgan fingerprint density at radius 2 is 2.16 bits per heavy atom. The Morgan fingerprint density at radius 1 is 1.47 bits per heavy atom. The number of aryl methyl sites for hydroxylation is 1. The topological polar surface area (TPSA) is 67.4 Å². The van der Waals surface area contributed by atoms with E-state index in [0.29, 0.717) is 18.0 Å². The summed E-state index contributed by atoms with van der Waals surface area (Å²) in [5.41, 5.74) is 0. The molecule has 2 N–H and O–H groups in total. The van der Waals surface area contributed by atoms with E-state index in [2.05, 4.69) is 10.0 Å². The largest absolute Gasteiger partial charge is 0.383 e. The van der Waals surface area contributed by atoms with Gasteiger partial charge in [0.15, 0.2) is 0 Å². The molecule has 0 aliphatic rings. The van der Waals surface area contributed by atoms with Crippen LogP contribution in [0.5, 0.6) is 0 Å². The third-order valence-electron chi connectivity index (χ3n) is 2.54. The summed E-state index contributed by atoms with van der Waals surface area (Å²) in [5.74, 6) is 0. The standard InChI is InChI=1S/C12H22N2O3S2/c1-5-13-7-11-6-12(10(3)18-11)19(15,16)14-9(2)8-17-4/h6,9,13-14H,5,7-8H2,1-4H3. The van der Waals surface area contributed by atoms with E-state index in [9.17, 15) is 8.42 Å². The summed E-state index contributed by atoms with van der Waals surface area (Å²) in [5, 5.41) is 3.19. The van der Waals surface area contributed by atoms with E-state index >= 15 is 0 Å². The minimum Gasteiger partial charge on any atom is -0.383 e. The van der Waals surface area contributed by atoms with Crippen LogP contribution in [0.2, 0.25) is 0 Å². The molecule has 1 aromatic heterocycles. The van der Waals surface area contributed by atoms with Gasteiger partial charge in [-0.15, -0.1) is 11.3 Å². The Balaban J connectivity index is 2.85. The van der Waals surface area contributed by atoms with Gasteiger partial charge in [-0.05, 0) is 26.5 Å². The molecule has 0 radical (unpaired) electrons. The van der Waals surface area contributed by atoms with Gasteiger partial charge in [0.05, 0.1) is 11.5 Å². The van der Waals surface area contributed by atoms with Gasteiger partial charge >= 0.3 is 0 Å². The normalized spacial score (nSPS) is 13.7. The lowest BCUT2D eigenvalue weighted by Crippen LogP contribution is -2.35. The fraction of sp³-hybridized carbons (Fsp3) is 0.667. The van der Waals surface area contributed by atoms with Crippen molar-refractivity contribution >= 4 is 21.4 Å². The van der Waals surface area contributed by atoms with Crippen molar-refractivity contribution in [3.8, 4) is 0 Å². The molecule has 0 aliphatic heterocycles. The molecule has 1 atom stereocenters. The SMILES string of the molecule is CCNCc1cc(S(=O)(=O)NC(C)COC)c(C)s1. The summed E-state index contributed by atoms with van der Waals surface area (Å²) in [4.78, 5) is 2.21. The van der Waals surface area contributed by atoms with E-state index in [1.807, 2.05) is 13.8 Å². The number of thiophene rings is 1. The molecular weight excluding hydrogens is 284 g/mol. The van der Waals surface area contributed by atoms with Gasteiger partial charge in [-0.25, -0.2) is 13.1 Å². The van der Waals surface area contributed by atoms with E-state index in [-0.39, 0.29) is 6.04 Å². The Morgan fingerprint density at radius 3 is 2.74 bits per heavy atom. The van der Waals surface area contributed by atoms with Gasteiger partial charge in [-0.2, -0.15) is 0 Å². The average Bonchev–Trinajstić information content (AvgIpc) is 2.68. The Bertz CT molecular complexity index is 497. The van der Waals surface area contributed by atoms with Crippen LogP contribution in [0.15, 0.2) is 11.0 Å². The van der Waals surface area contributed by atoms with Crippen LogP contribution < -0.4 is 10.0 Å². The quantitative estimate of drug-likeness (QED) is 0.763. The van der Waals surface area contributed by atoms with Crippen molar-refractivity contribution in [3.63, 3.8) is 0 Å².